The van der Waals surface area contributed by atoms with E-state index in [1.165, 1.54) is 0 Å². The second-order valence-corrected chi connectivity index (χ2v) is 6.00. The Morgan fingerprint density at radius 3 is 2.62 bits per heavy atom. The maximum Gasteiger partial charge on any atom is 0.272 e. The molecule has 1 aromatic heterocycles. The first-order valence-corrected chi connectivity index (χ1v) is 8.13. The van der Waals surface area contributed by atoms with Crippen LogP contribution in [0.3, 0.4) is 0 Å². The number of ether oxygens (including phenoxy) is 2. The topological polar surface area (TPSA) is 56.6 Å². The number of aryl methyl sites for hydroxylation is 1. The highest BCUT2D eigenvalue weighted by atomic mass is 16.5. The van der Waals surface area contributed by atoms with Gasteiger partial charge in [0, 0.05) is 32.8 Å². The third-order valence-corrected chi connectivity index (χ3v) is 4.53. The largest absolute Gasteiger partial charge is 0.497 e. The molecule has 1 aliphatic heterocycles. The Bertz CT molecular complexity index is 718. The molecule has 6 heteroatoms. The number of aromatic nitrogens is 2. The van der Waals surface area contributed by atoms with Gasteiger partial charge in [-0.1, -0.05) is 12.1 Å². The number of hydrogen-bond acceptors (Lipinski definition) is 4. The number of benzene rings is 1. The monoisotopic (exact) mass is 329 g/mol. The van der Waals surface area contributed by atoms with E-state index in [2.05, 4.69) is 5.10 Å². The first-order valence-electron chi connectivity index (χ1n) is 8.13. The van der Waals surface area contributed by atoms with Gasteiger partial charge in [0.25, 0.3) is 5.91 Å². The quantitative estimate of drug-likeness (QED) is 0.864. The van der Waals surface area contributed by atoms with Crippen LogP contribution >= 0.6 is 0 Å². The fourth-order valence-electron chi connectivity index (χ4n) is 3.05. The molecule has 0 unspecified atom stereocenters. The molecular weight excluding hydrogens is 306 g/mol. The lowest BCUT2D eigenvalue weighted by molar-refractivity contribution is 0.0345. The number of rotatable bonds is 4. The summed E-state index contributed by atoms with van der Waals surface area (Å²) in [5.41, 5.74) is 2.30. The maximum absolute atomic E-state index is 12.8. The molecule has 2 aromatic rings. The van der Waals surface area contributed by atoms with Crippen molar-refractivity contribution in [3.63, 3.8) is 0 Å². The van der Waals surface area contributed by atoms with E-state index < -0.39 is 0 Å². The fraction of sp³-hybridized carbons (Fsp3) is 0.444. The van der Waals surface area contributed by atoms with Gasteiger partial charge in [-0.3, -0.25) is 9.48 Å². The Morgan fingerprint density at radius 2 is 1.96 bits per heavy atom. The standard InChI is InChI=1S/C18H23N3O3/c1-20-17(18(22)21-9-7-14(23-2)8-10-21)12-16(19-20)13-5-4-6-15(11-13)24-3/h4-6,11-12,14H,7-10H2,1-3H3. The van der Waals surface area contributed by atoms with Gasteiger partial charge in [-0.15, -0.1) is 0 Å². The SMILES string of the molecule is COc1cccc(-c2cc(C(=O)N3CCC(OC)CC3)n(C)n2)c1. The molecule has 0 N–H and O–H groups in total. The Hall–Kier alpha value is -2.34. The van der Waals surface area contributed by atoms with Crippen LogP contribution in [0.15, 0.2) is 30.3 Å². The molecule has 1 fully saturated rings. The van der Waals surface area contributed by atoms with Gasteiger partial charge in [-0.2, -0.15) is 5.10 Å². The fourth-order valence-corrected chi connectivity index (χ4v) is 3.05. The summed E-state index contributed by atoms with van der Waals surface area (Å²) in [6.45, 7) is 1.44. The number of nitrogens with zero attached hydrogens (tertiary/aromatic N) is 3. The second kappa shape index (κ2) is 7.05. The molecule has 3 rings (SSSR count). The van der Waals surface area contributed by atoms with Crippen molar-refractivity contribution in [2.75, 3.05) is 27.3 Å². The molecule has 0 bridgehead atoms. The Balaban J connectivity index is 1.80. The molecule has 0 aliphatic carbocycles. The summed E-state index contributed by atoms with van der Waals surface area (Å²) < 4.78 is 12.3. The highest BCUT2D eigenvalue weighted by Crippen LogP contribution is 2.24. The molecule has 0 spiro atoms. The molecule has 128 valence electrons. The number of likely N-dealkylation sites (tertiary alicyclic amines) is 1. The molecule has 6 nitrogen and oxygen atoms in total. The van der Waals surface area contributed by atoms with Crippen LogP contribution in [0.2, 0.25) is 0 Å². The van der Waals surface area contributed by atoms with Gasteiger partial charge in [0.2, 0.25) is 0 Å². The van der Waals surface area contributed by atoms with Crippen molar-refractivity contribution in [1.82, 2.24) is 14.7 Å². The molecular formula is C18H23N3O3. The van der Waals surface area contributed by atoms with E-state index in [1.807, 2.05) is 35.2 Å². The van der Waals surface area contributed by atoms with Crippen LogP contribution in [-0.4, -0.2) is 54.0 Å². The number of carbonyl (C=O) groups is 1. The lowest BCUT2D eigenvalue weighted by Gasteiger charge is -2.31. The van der Waals surface area contributed by atoms with Gasteiger partial charge in [0.15, 0.2) is 0 Å². The second-order valence-electron chi connectivity index (χ2n) is 6.00. The van der Waals surface area contributed by atoms with Crippen LogP contribution in [0.25, 0.3) is 11.3 Å². The van der Waals surface area contributed by atoms with Crippen molar-refractivity contribution in [2.24, 2.45) is 7.05 Å². The van der Waals surface area contributed by atoms with E-state index >= 15 is 0 Å². The number of piperidine rings is 1. The van der Waals surface area contributed by atoms with Crippen LogP contribution in [0.1, 0.15) is 23.3 Å². The van der Waals surface area contributed by atoms with Gasteiger partial charge in [0.1, 0.15) is 11.4 Å². The van der Waals surface area contributed by atoms with Crippen LogP contribution in [-0.2, 0) is 11.8 Å². The minimum Gasteiger partial charge on any atom is -0.497 e. The minimum absolute atomic E-state index is 0.0219. The normalized spacial score (nSPS) is 15.5. The third kappa shape index (κ3) is 3.28. The third-order valence-electron chi connectivity index (χ3n) is 4.53. The summed E-state index contributed by atoms with van der Waals surface area (Å²) in [4.78, 5) is 14.7. The van der Waals surface area contributed by atoms with E-state index in [1.54, 1.807) is 25.9 Å². The minimum atomic E-state index is 0.0219. The van der Waals surface area contributed by atoms with Crippen LogP contribution in [0.4, 0.5) is 0 Å². The Morgan fingerprint density at radius 1 is 1.21 bits per heavy atom. The summed E-state index contributed by atoms with van der Waals surface area (Å²) in [6.07, 6.45) is 2.01. The number of carbonyl (C=O) groups excluding carboxylic acids is 1. The predicted octanol–water partition coefficient (Wildman–Crippen LogP) is 2.35. The molecule has 1 amide bonds. The average molecular weight is 329 g/mol. The molecule has 1 aliphatic rings. The highest BCUT2D eigenvalue weighted by Gasteiger charge is 2.25. The maximum atomic E-state index is 12.8. The zero-order valence-electron chi connectivity index (χ0n) is 14.4. The summed E-state index contributed by atoms with van der Waals surface area (Å²) in [5, 5.41) is 4.49. The zero-order chi connectivity index (χ0) is 17.1. The first kappa shape index (κ1) is 16.5. The van der Waals surface area contributed by atoms with Crippen LogP contribution < -0.4 is 4.74 Å². The van der Waals surface area contributed by atoms with Gasteiger partial charge >= 0.3 is 0 Å². The molecule has 0 saturated carbocycles. The van der Waals surface area contributed by atoms with E-state index in [-0.39, 0.29) is 12.0 Å². The molecule has 24 heavy (non-hydrogen) atoms. The molecule has 1 saturated heterocycles. The number of methoxy groups -OCH3 is 2. The Labute approximate surface area is 142 Å². The highest BCUT2D eigenvalue weighted by molar-refractivity contribution is 5.93. The van der Waals surface area contributed by atoms with Crippen molar-refractivity contribution in [3.05, 3.63) is 36.0 Å². The summed E-state index contributed by atoms with van der Waals surface area (Å²) in [6, 6.07) is 9.53. The Kier molecular flexibility index (Phi) is 4.85. The summed E-state index contributed by atoms with van der Waals surface area (Å²) >= 11 is 0. The van der Waals surface area contributed by atoms with Gasteiger partial charge in [0.05, 0.1) is 18.9 Å². The first-order chi connectivity index (χ1) is 11.6. The van der Waals surface area contributed by atoms with E-state index in [0.29, 0.717) is 5.69 Å². The smallest absolute Gasteiger partial charge is 0.272 e. The summed E-state index contributed by atoms with van der Waals surface area (Å²) in [5.74, 6) is 0.793. The molecule has 0 radical (unpaired) electrons. The van der Waals surface area contributed by atoms with Crippen molar-refractivity contribution in [1.29, 1.82) is 0 Å². The van der Waals surface area contributed by atoms with Gasteiger partial charge < -0.3 is 14.4 Å². The van der Waals surface area contributed by atoms with E-state index in [4.69, 9.17) is 9.47 Å². The van der Waals surface area contributed by atoms with Gasteiger partial charge in [-0.05, 0) is 31.0 Å². The summed E-state index contributed by atoms with van der Waals surface area (Å²) in [7, 11) is 5.17. The van der Waals surface area contributed by atoms with Crippen LogP contribution in [0, 0.1) is 0 Å². The molecule has 2 heterocycles. The molecule has 1 aromatic carbocycles. The number of amides is 1. The van der Waals surface area contributed by atoms with Crippen molar-refractivity contribution >= 4 is 5.91 Å². The van der Waals surface area contributed by atoms with Crippen LogP contribution in [0.5, 0.6) is 5.75 Å². The van der Waals surface area contributed by atoms with Crippen molar-refractivity contribution in [2.45, 2.75) is 18.9 Å². The lowest BCUT2D eigenvalue weighted by Crippen LogP contribution is -2.41. The number of hydrogen-bond donors (Lipinski definition) is 0. The van der Waals surface area contributed by atoms with Crippen molar-refractivity contribution in [3.8, 4) is 17.0 Å². The van der Waals surface area contributed by atoms with Crippen molar-refractivity contribution < 1.29 is 14.3 Å². The van der Waals surface area contributed by atoms with Gasteiger partial charge in [-0.25, -0.2) is 0 Å². The molecule has 0 atom stereocenters. The average Bonchev–Trinajstić information content (AvgIpc) is 3.03. The van der Waals surface area contributed by atoms with E-state index in [9.17, 15) is 4.79 Å². The van der Waals surface area contributed by atoms with E-state index in [0.717, 1.165) is 42.9 Å². The predicted molar refractivity (Wildman–Crippen MR) is 91.1 cm³/mol. The zero-order valence-corrected chi connectivity index (χ0v) is 14.4. The lowest BCUT2D eigenvalue weighted by atomic mass is 10.1.